The van der Waals surface area contributed by atoms with Gasteiger partial charge in [0.15, 0.2) is 0 Å². The molecule has 0 atom stereocenters. The van der Waals surface area contributed by atoms with Gasteiger partial charge in [-0.1, -0.05) is 0 Å². The van der Waals surface area contributed by atoms with E-state index in [0.717, 1.165) is 32.2 Å². The second-order valence-corrected chi connectivity index (χ2v) is 7.39. The molecule has 22 heavy (non-hydrogen) atoms. The quantitative estimate of drug-likeness (QED) is 0.791. The molecule has 0 bridgehead atoms. The van der Waals surface area contributed by atoms with E-state index in [0.29, 0.717) is 24.6 Å². The van der Waals surface area contributed by atoms with Crippen LogP contribution in [0.2, 0.25) is 0 Å². The molecule has 0 spiro atoms. The summed E-state index contributed by atoms with van der Waals surface area (Å²) >= 11 is 0. The molecule has 1 aliphatic rings. The van der Waals surface area contributed by atoms with Gasteiger partial charge in [-0.3, -0.25) is 9.78 Å². The summed E-state index contributed by atoms with van der Waals surface area (Å²) in [5.74, 6) is 0.355. The van der Waals surface area contributed by atoms with Gasteiger partial charge in [0.1, 0.15) is 11.5 Å². The Labute approximate surface area is 130 Å². The zero-order chi connectivity index (χ0) is 16.2. The van der Waals surface area contributed by atoms with Crippen molar-refractivity contribution in [2.45, 2.75) is 12.8 Å². The molecule has 9 heteroatoms. The van der Waals surface area contributed by atoms with Crippen LogP contribution in [-0.4, -0.2) is 73.0 Å². The average Bonchev–Trinajstić information content (AvgIpc) is 3.00. The predicted molar refractivity (Wildman–Crippen MR) is 83.1 cm³/mol. The van der Waals surface area contributed by atoms with Gasteiger partial charge in [0.25, 0.3) is 5.91 Å². The van der Waals surface area contributed by atoms with Gasteiger partial charge in [-0.05, 0) is 12.8 Å². The van der Waals surface area contributed by atoms with Crippen LogP contribution in [0.4, 0.5) is 5.82 Å². The van der Waals surface area contributed by atoms with Crippen molar-refractivity contribution in [2.75, 3.05) is 44.8 Å². The van der Waals surface area contributed by atoms with Crippen LogP contribution < -0.4 is 5.32 Å². The number of hydrogen-bond acceptors (Lipinski definition) is 6. The number of nitrogens with one attached hydrogen (secondary N) is 1. The SMILES string of the molecule is CN(CCNc1cncc(C(=O)N2CCCC2)n1)S(C)(=O)=O. The van der Waals surface area contributed by atoms with Gasteiger partial charge in [0, 0.05) is 33.2 Å². The van der Waals surface area contributed by atoms with Crippen molar-refractivity contribution in [1.82, 2.24) is 19.2 Å². The lowest BCUT2D eigenvalue weighted by molar-refractivity contribution is 0.0786. The Kier molecular flexibility index (Phi) is 5.30. The van der Waals surface area contributed by atoms with Crippen LogP contribution in [0.3, 0.4) is 0 Å². The Balaban J connectivity index is 1.92. The summed E-state index contributed by atoms with van der Waals surface area (Å²) in [4.78, 5) is 22.3. The number of rotatable bonds is 6. The normalized spacial score (nSPS) is 15.3. The Morgan fingerprint density at radius 1 is 1.36 bits per heavy atom. The molecule has 2 heterocycles. The van der Waals surface area contributed by atoms with E-state index in [-0.39, 0.29) is 5.91 Å². The molecule has 0 aliphatic carbocycles. The first kappa shape index (κ1) is 16.6. The summed E-state index contributed by atoms with van der Waals surface area (Å²) in [6, 6.07) is 0. The molecule has 0 radical (unpaired) electrons. The van der Waals surface area contributed by atoms with E-state index in [1.807, 2.05) is 0 Å². The van der Waals surface area contributed by atoms with Crippen molar-refractivity contribution in [1.29, 1.82) is 0 Å². The fourth-order valence-corrected chi connectivity index (χ4v) is 2.57. The third-order valence-corrected chi connectivity index (χ3v) is 4.86. The highest BCUT2D eigenvalue weighted by Gasteiger charge is 2.21. The zero-order valence-corrected chi connectivity index (χ0v) is 13.6. The number of likely N-dealkylation sites (tertiary alicyclic amines) is 1. The molecule has 1 aliphatic heterocycles. The van der Waals surface area contributed by atoms with Crippen LogP contribution in [0.5, 0.6) is 0 Å². The Morgan fingerprint density at radius 2 is 2.05 bits per heavy atom. The highest BCUT2D eigenvalue weighted by Crippen LogP contribution is 2.12. The highest BCUT2D eigenvalue weighted by molar-refractivity contribution is 7.88. The molecule has 1 saturated heterocycles. The van der Waals surface area contributed by atoms with Gasteiger partial charge < -0.3 is 10.2 Å². The first-order valence-electron chi connectivity index (χ1n) is 7.14. The van der Waals surface area contributed by atoms with Gasteiger partial charge in [-0.2, -0.15) is 0 Å². The third-order valence-electron chi connectivity index (χ3n) is 3.55. The standard InChI is InChI=1S/C13H21N5O3S/c1-17(22(2,20)21)8-5-15-12-10-14-9-11(16-12)13(19)18-6-3-4-7-18/h9-10H,3-8H2,1-2H3,(H,15,16). The maximum atomic E-state index is 12.2. The number of aromatic nitrogens is 2. The first-order valence-corrected chi connectivity index (χ1v) is 8.99. The highest BCUT2D eigenvalue weighted by atomic mass is 32.2. The van der Waals surface area contributed by atoms with E-state index >= 15 is 0 Å². The molecular weight excluding hydrogens is 306 g/mol. The van der Waals surface area contributed by atoms with Gasteiger partial charge >= 0.3 is 0 Å². The summed E-state index contributed by atoms with van der Waals surface area (Å²) in [6.45, 7) is 2.22. The van der Waals surface area contributed by atoms with E-state index < -0.39 is 10.0 Å². The van der Waals surface area contributed by atoms with Crippen LogP contribution in [0, 0.1) is 0 Å². The van der Waals surface area contributed by atoms with Crippen molar-refractivity contribution in [2.24, 2.45) is 0 Å². The monoisotopic (exact) mass is 327 g/mol. The van der Waals surface area contributed by atoms with E-state index in [1.54, 1.807) is 4.90 Å². The molecule has 0 aromatic carbocycles. The third kappa shape index (κ3) is 4.38. The van der Waals surface area contributed by atoms with Gasteiger partial charge in [-0.15, -0.1) is 0 Å². The van der Waals surface area contributed by atoms with E-state index in [1.165, 1.54) is 23.7 Å². The molecule has 0 saturated carbocycles. The number of carbonyl (C=O) groups excluding carboxylic acids is 1. The summed E-state index contributed by atoms with van der Waals surface area (Å²) in [5.41, 5.74) is 0.309. The Hall–Kier alpha value is -1.74. The van der Waals surface area contributed by atoms with Gasteiger partial charge in [0.2, 0.25) is 10.0 Å². The molecule has 1 aromatic rings. The number of sulfonamides is 1. The lowest BCUT2D eigenvalue weighted by Gasteiger charge is -2.16. The minimum atomic E-state index is -3.19. The van der Waals surface area contributed by atoms with Crippen molar-refractivity contribution >= 4 is 21.7 Å². The number of likely N-dealkylation sites (N-methyl/N-ethyl adjacent to an activating group) is 1. The lowest BCUT2D eigenvalue weighted by atomic mass is 10.4. The van der Waals surface area contributed by atoms with Crippen molar-refractivity contribution in [3.05, 3.63) is 18.1 Å². The molecular formula is C13H21N5O3S. The number of nitrogens with zero attached hydrogens (tertiary/aromatic N) is 4. The fraction of sp³-hybridized carbons (Fsp3) is 0.615. The summed E-state index contributed by atoms with van der Waals surface area (Å²) in [5, 5.41) is 2.98. The molecule has 1 fully saturated rings. The van der Waals surface area contributed by atoms with E-state index in [2.05, 4.69) is 15.3 Å². The molecule has 122 valence electrons. The average molecular weight is 327 g/mol. The minimum absolute atomic E-state index is 0.109. The molecule has 8 nitrogen and oxygen atoms in total. The largest absolute Gasteiger partial charge is 0.367 e. The van der Waals surface area contributed by atoms with Crippen LogP contribution in [0.15, 0.2) is 12.4 Å². The minimum Gasteiger partial charge on any atom is -0.367 e. The molecule has 0 unspecified atom stereocenters. The predicted octanol–water partition coefficient (Wildman–Crippen LogP) is 0.0159. The lowest BCUT2D eigenvalue weighted by Crippen LogP contribution is -2.31. The second kappa shape index (κ2) is 7.01. The zero-order valence-electron chi connectivity index (χ0n) is 12.8. The van der Waals surface area contributed by atoms with E-state index in [4.69, 9.17) is 0 Å². The van der Waals surface area contributed by atoms with Crippen molar-refractivity contribution < 1.29 is 13.2 Å². The summed E-state index contributed by atoms with van der Waals surface area (Å²) in [7, 11) is -1.68. The first-order chi connectivity index (χ1) is 10.4. The second-order valence-electron chi connectivity index (χ2n) is 5.30. The fourth-order valence-electron chi connectivity index (χ4n) is 2.14. The van der Waals surface area contributed by atoms with Gasteiger partial charge in [-0.25, -0.2) is 17.7 Å². The summed E-state index contributed by atoms with van der Waals surface area (Å²) in [6.07, 6.45) is 6.17. The number of anilines is 1. The maximum absolute atomic E-state index is 12.2. The van der Waals surface area contributed by atoms with Crippen molar-refractivity contribution in [3.8, 4) is 0 Å². The Morgan fingerprint density at radius 3 is 2.68 bits per heavy atom. The van der Waals surface area contributed by atoms with Crippen LogP contribution in [-0.2, 0) is 10.0 Å². The molecule has 1 aromatic heterocycles. The van der Waals surface area contributed by atoms with Crippen LogP contribution in [0.25, 0.3) is 0 Å². The summed E-state index contributed by atoms with van der Waals surface area (Å²) < 4.78 is 23.8. The van der Waals surface area contributed by atoms with Crippen LogP contribution in [0.1, 0.15) is 23.3 Å². The molecule has 1 amide bonds. The van der Waals surface area contributed by atoms with E-state index in [9.17, 15) is 13.2 Å². The Bertz CT molecular complexity index is 628. The molecule has 2 rings (SSSR count). The molecule has 1 N–H and O–H groups in total. The number of carbonyl (C=O) groups is 1. The van der Waals surface area contributed by atoms with Gasteiger partial charge in [0.05, 0.1) is 18.6 Å². The van der Waals surface area contributed by atoms with Crippen LogP contribution >= 0.6 is 0 Å². The number of amides is 1. The smallest absolute Gasteiger partial charge is 0.274 e. The van der Waals surface area contributed by atoms with Crippen molar-refractivity contribution in [3.63, 3.8) is 0 Å². The number of hydrogen-bond donors (Lipinski definition) is 1. The maximum Gasteiger partial charge on any atom is 0.274 e. The topological polar surface area (TPSA) is 95.5 Å².